The van der Waals surface area contributed by atoms with Crippen LogP contribution in [0, 0.1) is 11.6 Å². The molecule has 2 nitrogen and oxygen atoms in total. The molecule has 0 atom stereocenters. The highest BCUT2D eigenvalue weighted by atomic mass is 79.9. The maximum absolute atomic E-state index is 13.1. The van der Waals surface area contributed by atoms with Gasteiger partial charge in [0, 0.05) is 6.07 Å². The van der Waals surface area contributed by atoms with Crippen LogP contribution in [0.15, 0.2) is 12.1 Å². The highest BCUT2D eigenvalue weighted by molar-refractivity contribution is 9.09. The summed E-state index contributed by atoms with van der Waals surface area (Å²) in [5.74, 6) is -2.64. The summed E-state index contributed by atoms with van der Waals surface area (Å²) in [6.07, 6.45) is 0. The predicted molar refractivity (Wildman–Crippen MR) is 51.0 cm³/mol. The molecule has 1 aromatic carbocycles. The van der Waals surface area contributed by atoms with Crippen molar-refractivity contribution in [1.29, 1.82) is 0 Å². The van der Waals surface area contributed by atoms with Gasteiger partial charge in [0.05, 0.1) is 18.0 Å². The number of carbonyl (C=O) groups excluding carboxylic acids is 1. The predicted octanol–water partition coefficient (Wildman–Crippen LogP) is 2.55. The molecule has 0 unspecified atom stereocenters. The molecule has 76 valence electrons. The Labute approximate surface area is 88.0 Å². The molecule has 0 saturated heterocycles. The number of alkyl halides is 1. The van der Waals surface area contributed by atoms with Gasteiger partial charge in [-0.1, -0.05) is 15.9 Å². The van der Waals surface area contributed by atoms with Crippen molar-refractivity contribution in [3.8, 4) is 5.75 Å². The number of benzene rings is 1. The topological polar surface area (TPSA) is 26.3 Å². The zero-order valence-electron chi connectivity index (χ0n) is 7.31. The summed E-state index contributed by atoms with van der Waals surface area (Å²) in [7, 11) is 1.31. The van der Waals surface area contributed by atoms with Gasteiger partial charge in [-0.25, -0.2) is 8.78 Å². The van der Waals surface area contributed by atoms with E-state index in [0.717, 1.165) is 6.07 Å². The molecule has 1 rings (SSSR count). The van der Waals surface area contributed by atoms with Crippen molar-refractivity contribution in [2.75, 3.05) is 12.4 Å². The first-order valence-electron chi connectivity index (χ1n) is 3.72. The molecule has 1 aromatic rings. The maximum Gasteiger partial charge on any atom is 0.176 e. The van der Waals surface area contributed by atoms with E-state index in [1.54, 1.807) is 0 Å². The van der Waals surface area contributed by atoms with Crippen LogP contribution in [0.4, 0.5) is 8.78 Å². The molecular formula is C9H7BrF2O2. The number of ketones is 1. The monoisotopic (exact) mass is 264 g/mol. The molecule has 0 aliphatic rings. The van der Waals surface area contributed by atoms with Crippen LogP contribution in [0.2, 0.25) is 0 Å². The summed E-state index contributed by atoms with van der Waals surface area (Å²) in [5.41, 5.74) is -0.307. The average molecular weight is 265 g/mol. The van der Waals surface area contributed by atoms with Crippen LogP contribution in [0.1, 0.15) is 10.4 Å². The van der Waals surface area contributed by atoms with Gasteiger partial charge in [0.25, 0.3) is 0 Å². The lowest BCUT2D eigenvalue weighted by molar-refractivity contribution is 0.101. The summed E-state index contributed by atoms with van der Waals surface area (Å²) in [6, 6.07) is 2.06. The first-order chi connectivity index (χ1) is 6.60. The number of Topliss-reactive ketones (excluding diaryl/α,β-unsaturated/α-hetero) is 1. The largest absolute Gasteiger partial charge is 0.497 e. The number of hydrogen-bond donors (Lipinski definition) is 0. The molecule has 0 aromatic heterocycles. The zero-order valence-corrected chi connectivity index (χ0v) is 8.90. The van der Waals surface area contributed by atoms with Crippen molar-refractivity contribution in [2.45, 2.75) is 0 Å². The fourth-order valence-electron chi connectivity index (χ4n) is 0.957. The van der Waals surface area contributed by atoms with Crippen molar-refractivity contribution in [3.63, 3.8) is 0 Å². The lowest BCUT2D eigenvalue weighted by Crippen LogP contribution is -2.06. The third-order valence-corrected chi connectivity index (χ3v) is 2.17. The van der Waals surface area contributed by atoms with Crippen molar-refractivity contribution in [1.82, 2.24) is 0 Å². The first-order valence-corrected chi connectivity index (χ1v) is 4.84. The summed E-state index contributed by atoms with van der Waals surface area (Å²) >= 11 is 2.88. The number of methoxy groups -OCH3 is 1. The van der Waals surface area contributed by atoms with E-state index < -0.39 is 17.4 Å². The van der Waals surface area contributed by atoms with Crippen LogP contribution >= 0.6 is 15.9 Å². The van der Waals surface area contributed by atoms with Gasteiger partial charge in [0.2, 0.25) is 0 Å². The van der Waals surface area contributed by atoms with Crippen LogP contribution in [-0.2, 0) is 0 Å². The molecule has 0 radical (unpaired) electrons. The minimum Gasteiger partial charge on any atom is -0.497 e. The molecule has 0 aliphatic carbocycles. The molecule has 0 N–H and O–H groups in total. The van der Waals surface area contributed by atoms with E-state index in [-0.39, 0.29) is 16.6 Å². The van der Waals surface area contributed by atoms with E-state index in [9.17, 15) is 13.6 Å². The van der Waals surface area contributed by atoms with Crippen LogP contribution in [-0.4, -0.2) is 18.2 Å². The number of halogens is 3. The second-order valence-electron chi connectivity index (χ2n) is 2.53. The normalized spacial score (nSPS) is 10.0. The smallest absolute Gasteiger partial charge is 0.176 e. The lowest BCUT2D eigenvalue weighted by Gasteiger charge is -2.04. The van der Waals surface area contributed by atoms with Crippen LogP contribution in [0.3, 0.4) is 0 Å². The van der Waals surface area contributed by atoms with Gasteiger partial charge in [0.15, 0.2) is 17.4 Å². The second kappa shape index (κ2) is 4.50. The Balaban J connectivity index is 3.27. The number of ether oxygens (including phenoxy) is 1. The second-order valence-corrected chi connectivity index (χ2v) is 3.09. The minimum absolute atomic E-state index is 0.0590. The molecule has 0 heterocycles. The van der Waals surface area contributed by atoms with Gasteiger partial charge >= 0.3 is 0 Å². The van der Waals surface area contributed by atoms with Crippen molar-refractivity contribution in [3.05, 3.63) is 29.3 Å². The summed E-state index contributed by atoms with van der Waals surface area (Å²) in [5, 5.41) is -0.0590. The minimum atomic E-state index is -1.14. The maximum atomic E-state index is 13.1. The standard InChI is InChI=1S/C9H7BrF2O2/c1-14-5-2-6(8(13)4-10)9(12)7(11)3-5/h2-3H,4H2,1H3. The quantitative estimate of drug-likeness (QED) is 0.620. The fourth-order valence-corrected chi connectivity index (χ4v) is 1.26. The molecule has 0 fully saturated rings. The number of carbonyl (C=O) groups is 1. The molecular weight excluding hydrogens is 258 g/mol. The van der Waals surface area contributed by atoms with Crippen molar-refractivity contribution >= 4 is 21.7 Å². The van der Waals surface area contributed by atoms with E-state index in [0.29, 0.717) is 0 Å². The van der Waals surface area contributed by atoms with Gasteiger partial charge in [-0.2, -0.15) is 0 Å². The molecule has 0 saturated carbocycles. The van der Waals surface area contributed by atoms with Crippen molar-refractivity contribution in [2.24, 2.45) is 0 Å². The Morgan fingerprint density at radius 3 is 2.64 bits per heavy atom. The molecule has 0 amide bonds. The molecule has 0 bridgehead atoms. The Kier molecular flexibility index (Phi) is 3.57. The molecule has 0 aliphatic heterocycles. The molecule has 0 spiro atoms. The molecule has 5 heteroatoms. The summed E-state index contributed by atoms with van der Waals surface area (Å²) in [6.45, 7) is 0. The Bertz CT molecular complexity index is 366. The van der Waals surface area contributed by atoms with Gasteiger partial charge in [-0.05, 0) is 6.07 Å². The SMILES string of the molecule is COc1cc(F)c(F)c(C(=O)CBr)c1. The van der Waals surface area contributed by atoms with Gasteiger partial charge < -0.3 is 4.74 Å². The highest BCUT2D eigenvalue weighted by Crippen LogP contribution is 2.21. The zero-order chi connectivity index (χ0) is 10.7. The number of hydrogen-bond acceptors (Lipinski definition) is 2. The van der Waals surface area contributed by atoms with Crippen LogP contribution < -0.4 is 4.74 Å². The van der Waals surface area contributed by atoms with E-state index in [1.165, 1.54) is 13.2 Å². The fraction of sp³-hybridized carbons (Fsp3) is 0.222. The van der Waals surface area contributed by atoms with Gasteiger partial charge in [-0.3, -0.25) is 4.79 Å². The van der Waals surface area contributed by atoms with E-state index in [2.05, 4.69) is 15.9 Å². The van der Waals surface area contributed by atoms with E-state index >= 15 is 0 Å². The third kappa shape index (κ3) is 2.09. The Morgan fingerprint density at radius 2 is 2.14 bits per heavy atom. The van der Waals surface area contributed by atoms with Gasteiger partial charge in [-0.15, -0.1) is 0 Å². The average Bonchev–Trinajstić information content (AvgIpc) is 2.20. The molecule has 14 heavy (non-hydrogen) atoms. The van der Waals surface area contributed by atoms with Crippen LogP contribution in [0.25, 0.3) is 0 Å². The number of rotatable bonds is 3. The summed E-state index contributed by atoms with van der Waals surface area (Å²) in [4.78, 5) is 11.1. The van der Waals surface area contributed by atoms with E-state index in [1.807, 2.05) is 0 Å². The Morgan fingerprint density at radius 1 is 1.50 bits per heavy atom. The Hall–Kier alpha value is -0.970. The summed E-state index contributed by atoms with van der Waals surface area (Å²) < 4.78 is 30.7. The third-order valence-electron chi connectivity index (χ3n) is 1.66. The highest BCUT2D eigenvalue weighted by Gasteiger charge is 2.16. The lowest BCUT2D eigenvalue weighted by atomic mass is 10.1. The van der Waals surface area contributed by atoms with Crippen molar-refractivity contribution < 1.29 is 18.3 Å². The van der Waals surface area contributed by atoms with Gasteiger partial charge in [0.1, 0.15) is 5.75 Å². The van der Waals surface area contributed by atoms with Crippen LogP contribution in [0.5, 0.6) is 5.75 Å². The first kappa shape index (κ1) is 11.1. The van der Waals surface area contributed by atoms with E-state index in [4.69, 9.17) is 4.74 Å².